The van der Waals surface area contributed by atoms with Crippen LogP contribution in [0, 0.1) is 0 Å². The van der Waals surface area contributed by atoms with Crippen molar-refractivity contribution in [1.29, 1.82) is 0 Å². The molecule has 1 atom stereocenters. The van der Waals surface area contributed by atoms with Gasteiger partial charge in [0.15, 0.2) is 5.88 Å². The quantitative estimate of drug-likeness (QED) is 0.843. The lowest BCUT2D eigenvalue weighted by Gasteiger charge is -2.04. The number of thioether (sulfide) groups is 1. The van der Waals surface area contributed by atoms with Crippen LogP contribution in [0.1, 0.15) is 23.7 Å². The van der Waals surface area contributed by atoms with Crippen LogP contribution in [0.25, 0.3) is 0 Å². The highest BCUT2D eigenvalue weighted by Crippen LogP contribution is 2.34. The number of benzene rings is 1. The van der Waals surface area contributed by atoms with Gasteiger partial charge in [0.2, 0.25) is 0 Å². The maximum atomic E-state index is 12.1. The van der Waals surface area contributed by atoms with Gasteiger partial charge in [-0.2, -0.15) is 0 Å². The fraction of sp³-hybridized carbons (Fsp3) is 0.286. The molecule has 0 spiro atoms. The average Bonchev–Trinajstić information content (AvgIpc) is 2.79. The van der Waals surface area contributed by atoms with Crippen LogP contribution in [0.3, 0.4) is 0 Å². The van der Waals surface area contributed by atoms with Crippen molar-refractivity contribution < 1.29 is 9.53 Å². The number of nitrogens with two attached hydrogens (primary N) is 1. The van der Waals surface area contributed by atoms with E-state index in [0.29, 0.717) is 21.7 Å². The molecule has 4 nitrogen and oxygen atoms in total. The molecule has 100 valence electrons. The Labute approximate surface area is 116 Å². The van der Waals surface area contributed by atoms with Crippen LogP contribution in [0.2, 0.25) is 0 Å². The number of hydrogen-bond donors (Lipinski definition) is 1. The predicted octanol–water partition coefficient (Wildman–Crippen LogP) is 2.57. The van der Waals surface area contributed by atoms with Crippen LogP contribution >= 0.6 is 11.8 Å². The molecule has 0 aliphatic carbocycles. The number of amides is 1. The minimum atomic E-state index is -0.251. The van der Waals surface area contributed by atoms with Crippen LogP contribution in [0.15, 0.2) is 46.8 Å². The van der Waals surface area contributed by atoms with E-state index >= 15 is 0 Å². The average molecular weight is 276 g/mol. The molecule has 1 aliphatic heterocycles. The van der Waals surface area contributed by atoms with Gasteiger partial charge in [0.1, 0.15) is 5.04 Å². The van der Waals surface area contributed by atoms with E-state index in [0.717, 1.165) is 12.0 Å². The van der Waals surface area contributed by atoms with Gasteiger partial charge < -0.3 is 10.5 Å². The molecular formula is C14H16N2O2S. The summed E-state index contributed by atoms with van der Waals surface area (Å²) in [4.78, 5) is 16.2. The third-order valence-electron chi connectivity index (χ3n) is 2.80. The SMILES string of the molecule is CO/C(N)=C1\CC(C)SC1=NC(=O)c1ccccc1. The van der Waals surface area contributed by atoms with Crippen molar-refractivity contribution >= 4 is 22.7 Å². The molecule has 5 heteroatoms. The van der Waals surface area contributed by atoms with Crippen LogP contribution in [0.5, 0.6) is 0 Å². The summed E-state index contributed by atoms with van der Waals surface area (Å²) in [6.45, 7) is 2.07. The van der Waals surface area contributed by atoms with E-state index in [1.54, 1.807) is 23.9 Å². The molecule has 1 aromatic carbocycles. The first-order valence-corrected chi connectivity index (χ1v) is 6.87. The molecule has 1 heterocycles. The number of ether oxygens (including phenoxy) is 1. The van der Waals surface area contributed by atoms with Crippen molar-refractivity contribution in [2.45, 2.75) is 18.6 Å². The van der Waals surface area contributed by atoms with Crippen LogP contribution in [-0.2, 0) is 4.74 Å². The smallest absolute Gasteiger partial charge is 0.278 e. The van der Waals surface area contributed by atoms with E-state index in [4.69, 9.17) is 10.5 Å². The molecule has 0 saturated carbocycles. The summed E-state index contributed by atoms with van der Waals surface area (Å²) < 4.78 is 5.05. The van der Waals surface area contributed by atoms with Gasteiger partial charge in [-0.05, 0) is 18.6 Å². The van der Waals surface area contributed by atoms with Crippen molar-refractivity contribution in [3.63, 3.8) is 0 Å². The van der Waals surface area contributed by atoms with E-state index in [9.17, 15) is 4.79 Å². The van der Waals surface area contributed by atoms with Gasteiger partial charge >= 0.3 is 0 Å². The van der Waals surface area contributed by atoms with Crippen molar-refractivity contribution in [2.75, 3.05) is 7.11 Å². The highest BCUT2D eigenvalue weighted by molar-refractivity contribution is 8.15. The van der Waals surface area contributed by atoms with Crippen molar-refractivity contribution in [3.05, 3.63) is 47.4 Å². The van der Waals surface area contributed by atoms with E-state index in [1.165, 1.54) is 7.11 Å². The molecule has 1 fully saturated rings. The van der Waals surface area contributed by atoms with Crippen LogP contribution in [-0.4, -0.2) is 23.3 Å². The lowest BCUT2D eigenvalue weighted by Crippen LogP contribution is -2.08. The number of carbonyl (C=O) groups is 1. The normalized spacial score (nSPS) is 23.5. The summed E-state index contributed by atoms with van der Waals surface area (Å²) in [5, 5.41) is 1.02. The zero-order chi connectivity index (χ0) is 13.8. The van der Waals surface area contributed by atoms with Gasteiger partial charge in [0, 0.05) is 16.4 Å². The third kappa shape index (κ3) is 3.17. The standard InChI is InChI=1S/C14H16N2O2S/c1-9-8-11(12(15)18-2)14(19-9)16-13(17)10-6-4-3-5-7-10/h3-7,9H,8,15H2,1-2H3/b12-11+,16-14?. The molecule has 2 N–H and O–H groups in total. The molecule has 1 amide bonds. The van der Waals surface area contributed by atoms with E-state index in [-0.39, 0.29) is 5.91 Å². The molecule has 19 heavy (non-hydrogen) atoms. The number of methoxy groups -OCH3 is 1. The summed E-state index contributed by atoms with van der Waals surface area (Å²) in [6.07, 6.45) is 0.769. The lowest BCUT2D eigenvalue weighted by molar-refractivity contribution is 0.100. The molecule has 0 bridgehead atoms. The van der Waals surface area contributed by atoms with Crippen molar-refractivity contribution in [2.24, 2.45) is 10.7 Å². The van der Waals surface area contributed by atoms with E-state index in [2.05, 4.69) is 11.9 Å². The maximum absolute atomic E-state index is 12.1. The zero-order valence-electron chi connectivity index (χ0n) is 10.9. The third-order valence-corrected chi connectivity index (χ3v) is 3.93. The Kier molecular flexibility index (Phi) is 4.27. The summed E-state index contributed by atoms with van der Waals surface area (Å²) in [6, 6.07) is 9.00. The summed E-state index contributed by atoms with van der Waals surface area (Å²) in [5.41, 5.74) is 7.20. The summed E-state index contributed by atoms with van der Waals surface area (Å²) in [7, 11) is 1.52. The second kappa shape index (κ2) is 5.93. The Morgan fingerprint density at radius 2 is 2.11 bits per heavy atom. The summed E-state index contributed by atoms with van der Waals surface area (Å²) >= 11 is 1.55. The fourth-order valence-corrected chi connectivity index (χ4v) is 2.93. The Hall–Kier alpha value is -1.75. The zero-order valence-corrected chi connectivity index (χ0v) is 11.7. The van der Waals surface area contributed by atoms with Gasteiger partial charge in [0.05, 0.1) is 7.11 Å². The number of aliphatic imine (C=N–C) groups is 1. The van der Waals surface area contributed by atoms with E-state index < -0.39 is 0 Å². The monoisotopic (exact) mass is 276 g/mol. The number of rotatable bonds is 2. The largest absolute Gasteiger partial charge is 0.482 e. The molecule has 2 rings (SSSR count). The predicted molar refractivity (Wildman–Crippen MR) is 78.1 cm³/mol. The van der Waals surface area contributed by atoms with Gasteiger partial charge in [-0.15, -0.1) is 11.8 Å². The molecule has 0 aromatic heterocycles. The Morgan fingerprint density at radius 3 is 2.74 bits per heavy atom. The topological polar surface area (TPSA) is 64.7 Å². The highest BCUT2D eigenvalue weighted by atomic mass is 32.2. The Morgan fingerprint density at radius 1 is 1.42 bits per heavy atom. The van der Waals surface area contributed by atoms with Crippen molar-refractivity contribution in [1.82, 2.24) is 0 Å². The molecule has 1 aliphatic rings. The van der Waals surface area contributed by atoms with Crippen molar-refractivity contribution in [3.8, 4) is 0 Å². The second-order valence-electron chi connectivity index (χ2n) is 4.27. The first-order valence-electron chi connectivity index (χ1n) is 5.99. The Bertz CT molecular complexity index is 538. The van der Waals surface area contributed by atoms with Gasteiger partial charge in [-0.1, -0.05) is 25.1 Å². The maximum Gasteiger partial charge on any atom is 0.278 e. The molecule has 1 aromatic rings. The minimum absolute atomic E-state index is 0.251. The fourth-order valence-electron chi connectivity index (χ4n) is 1.84. The van der Waals surface area contributed by atoms with Crippen LogP contribution < -0.4 is 5.73 Å². The van der Waals surface area contributed by atoms with Gasteiger partial charge in [0.25, 0.3) is 5.91 Å². The first kappa shape index (κ1) is 13.7. The molecule has 1 saturated heterocycles. The summed E-state index contributed by atoms with van der Waals surface area (Å²) in [5.74, 6) is 0.0927. The van der Waals surface area contributed by atoms with Gasteiger partial charge in [-0.3, -0.25) is 4.79 Å². The molecule has 1 unspecified atom stereocenters. The van der Waals surface area contributed by atoms with E-state index in [1.807, 2.05) is 18.2 Å². The Balaban J connectivity index is 2.30. The number of nitrogens with zero attached hydrogens (tertiary/aromatic N) is 1. The minimum Gasteiger partial charge on any atom is -0.482 e. The number of carbonyl (C=O) groups excluding carboxylic acids is 1. The first-order chi connectivity index (χ1) is 9.11. The second-order valence-corrected chi connectivity index (χ2v) is 5.69. The molecular weight excluding hydrogens is 260 g/mol. The molecule has 0 radical (unpaired) electrons. The number of hydrogen-bond acceptors (Lipinski definition) is 4. The lowest BCUT2D eigenvalue weighted by atomic mass is 10.1. The van der Waals surface area contributed by atoms with Crippen LogP contribution in [0.4, 0.5) is 0 Å². The highest BCUT2D eigenvalue weighted by Gasteiger charge is 2.27. The van der Waals surface area contributed by atoms with Gasteiger partial charge in [-0.25, -0.2) is 4.99 Å².